The van der Waals surface area contributed by atoms with Gasteiger partial charge in [0.1, 0.15) is 5.82 Å². The lowest BCUT2D eigenvalue weighted by Crippen LogP contribution is -1.96. The first kappa shape index (κ1) is 22.4. The Bertz CT molecular complexity index is 1890. The summed E-state index contributed by atoms with van der Waals surface area (Å²) >= 11 is 1.84. The maximum atomic E-state index is 4.89. The van der Waals surface area contributed by atoms with Crippen molar-refractivity contribution in [2.45, 2.75) is 0 Å². The zero-order valence-corrected chi connectivity index (χ0v) is 21.3. The molecule has 180 valence electrons. The van der Waals surface area contributed by atoms with Crippen molar-refractivity contribution in [2.75, 3.05) is 5.32 Å². The second-order valence-corrected chi connectivity index (χ2v) is 10.3. The van der Waals surface area contributed by atoms with Crippen molar-refractivity contribution in [3.05, 3.63) is 134 Å². The van der Waals surface area contributed by atoms with E-state index in [4.69, 9.17) is 4.98 Å². The highest BCUT2D eigenvalue weighted by Crippen LogP contribution is 2.38. The van der Waals surface area contributed by atoms with Gasteiger partial charge in [-0.1, -0.05) is 66.7 Å². The number of anilines is 2. The molecule has 0 aliphatic rings. The molecule has 0 saturated carbocycles. The Kier molecular flexibility index (Phi) is 5.65. The fraction of sp³-hybridized carbons (Fsp3) is 0. The molecule has 7 rings (SSSR count). The van der Waals surface area contributed by atoms with E-state index in [2.05, 4.69) is 83.1 Å². The van der Waals surface area contributed by atoms with Gasteiger partial charge < -0.3 is 5.32 Å². The summed E-state index contributed by atoms with van der Waals surface area (Å²) in [5.74, 6) is 0.801. The van der Waals surface area contributed by atoms with Crippen LogP contribution >= 0.6 is 11.3 Å². The Hall–Kier alpha value is -4.80. The fourth-order valence-corrected chi connectivity index (χ4v) is 5.96. The summed E-state index contributed by atoms with van der Waals surface area (Å²) in [6.45, 7) is 0. The standard InChI is InChI=1S/C34H23N3S/c1-2-9-23(10-3-1)31-13-8-15-34(37-31)36-27-20-25(19-26(21-27)30-12-6-7-18-35-30)24-16-17-33-29(22-24)28-11-4-5-14-32(28)38-33/h1-22H,(H,36,37). The SMILES string of the molecule is c1ccc(-c2cccc(Nc3cc(-c4ccc5sc6ccccc6c5c4)cc(-c4ccccn4)c3)n2)cc1. The van der Waals surface area contributed by atoms with Crippen molar-refractivity contribution >= 4 is 43.0 Å². The molecule has 0 atom stereocenters. The number of hydrogen-bond acceptors (Lipinski definition) is 4. The lowest BCUT2D eigenvalue weighted by Gasteiger charge is -2.13. The van der Waals surface area contributed by atoms with E-state index in [9.17, 15) is 0 Å². The van der Waals surface area contributed by atoms with Gasteiger partial charge in [0, 0.05) is 43.2 Å². The van der Waals surface area contributed by atoms with Crippen molar-refractivity contribution < 1.29 is 0 Å². The first-order valence-corrected chi connectivity index (χ1v) is 13.4. The summed E-state index contributed by atoms with van der Waals surface area (Å²) < 4.78 is 2.62. The molecule has 0 aliphatic heterocycles. The van der Waals surface area contributed by atoms with Gasteiger partial charge in [-0.25, -0.2) is 4.98 Å². The zero-order valence-electron chi connectivity index (χ0n) is 20.5. The summed E-state index contributed by atoms with van der Waals surface area (Å²) in [6, 6.07) is 44.3. The van der Waals surface area contributed by atoms with Crippen LogP contribution in [0.25, 0.3) is 53.8 Å². The second-order valence-electron chi connectivity index (χ2n) is 9.22. The first-order chi connectivity index (χ1) is 18.8. The lowest BCUT2D eigenvalue weighted by molar-refractivity contribution is 1.30. The Balaban J connectivity index is 1.33. The molecule has 0 aliphatic carbocycles. The van der Waals surface area contributed by atoms with Gasteiger partial charge in [-0.2, -0.15) is 0 Å². The number of aromatic nitrogens is 2. The summed E-state index contributed by atoms with van der Waals surface area (Å²) in [5.41, 5.74) is 7.29. The van der Waals surface area contributed by atoms with Crippen molar-refractivity contribution in [1.82, 2.24) is 9.97 Å². The predicted octanol–water partition coefficient (Wildman–Crippen LogP) is 9.59. The maximum absolute atomic E-state index is 4.89. The van der Waals surface area contributed by atoms with Crippen LogP contribution in [-0.2, 0) is 0 Å². The van der Waals surface area contributed by atoms with Crippen LogP contribution in [0.3, 0.4) is 0 Å². The van der Waals surface area contributed by atoms with E-state index < -0.39 is 0 Å². The van der Waals surface area contributed by atoms with Gasteiger partial charge in [0.25, 0.3) is 0 Å². The van der Waals surface area contributed by atoms with Crippen molar-refractivity contribution in [3.63, 3.8) is 0 Å². The highest BCUT2D eigenvalue weighted by molar-refractivity contribution is 7.25. The third kappa shape index (κ3) is 4.32. The molecule has 38 heavy (non-hydrogen) atoms. The first-order valence-electron chi connectivity index (χ1n) is 12.6. The minimum Gasteiger partial charge on any atom is -0.340 e. The third-order valence-electron chi connectivity index (χ3n) is 6.69. The number of rotatable bonds is 5. The van der Waals surface area contributed by atoms with Gasteiger partial charge in [-0.05, 0) is 71.8 Å². The molecular formula is C34H23N3S. The van der Waals surface area contributed by atoms with Crippen molar-refractivity contribution in [3.8, 4) is 33.6 Å². The third-order valence-corrected chi connectivity index (χ3v) is 7.85. The zero-order chi connectivity index (χ0) is 25.3. The largest absolute Gasteiger partial charge is 0.340 e. The highest BCUT2D eigenvalue weighted by atomic mass is 32.1. The number of hydrogen-bond donors (Lipinski definition) is 1. The molecule has 0 saturated heterocycles. The quantitative estimate of drug-likeness (QED) is 0.253. The molecule has 0 spiro atoms. The topological polar surface area (TPSA) is 37.8 Å². The Morgan fingerprint density at radius 1 is 0.500 bits per heavy atom. The van der Waals surface area contributed by atoms with E-state index in [1.165, 1.54) is 25.7 Å². The summed E-state index contributed by atoms with van der Waals surface area (Å²) in [6.07, 6.45) is 1.84. The highest BCUT2D eigenvalue weighted by Gasteiger charge is 2.11. The van der Waals surface area contributed by atoms with Crippen LogP contribution in [0.1, 0.15) is 0 Å². The number of benzene rings is 4. The van der Waals surface area contributed by atoms with Gasteiger partial charge in [0.15, 0.2) is 0 Å². The molecule has 0 radical (unpaired) electrons. The van der Waals surface area contributed by atoms with E-state index in [1.54, 1.807) is 0 Å². The number of fused-ring (bicyclic) bond motifs is 3. The normalized spacial score (nSPS) is 11.2. The van der Waals surface area contributed by atoms with Crippen LogP contribution in [0, 0.1) is 0 Å². The smallest absolute Gasteiger partial charge is 0.131 e. The molecule has 3 nitrogen and oxygen atoms in total. The molecule has 0 unspecified atom stereocenters. The minimum absolute atomic E-state index is 0.801. The van der Waals surface area contributed by atoms with E-state index in [0.717, 1.165) is 39.6 Å². The Morgan fingerprint density at radius 2 is 1.29 bits per heavy atom. The molecule has 3 aromatic heterocycles. The summed E-state index contributed by atoms with van der Waals surface area (Å²) in [4.78, 5) is 9.51. The van der Waals surface area contributed by atoms with E-state index in [0.29, 0.717) is 0 Å². The molecule has 3 heterocycles. The van der Waals surface area contributed by atoms with Crippen LogP contribution in [-0.4, -0.2) is 9.97 Å². The molecule has 7 aromatic rings. The average Bonchev–Trinajstić information content (AvgIpc) is 3.36. The monoisotopic (exact) mass is 505 g/mol. The molecule has 0 fully saturated rings. The van der Waals surface area contributed by atoms with Gasteiger partial charge in [0.05, 0.1) is 11.4 Å². The molecular weight excluding hydrogens is 482 g/mol. The molecule has 1 N–H and O–H groups in total. The van der Waals surface area contributed by atoms with Gasteiger partial charge in [-0.15, -0.1) is 11.3 Å². The molecule has 4 heteroatoms. The van der Waals surface area contributed by atoms with Crippen LogP contribution < -0.4 is 5.32 Å². The number of nitrogens with one attached hydrogen (secondary N) is 1. The van der Waals surface area contributed by atoms with E-state index >= 15 is 0 Å². The maximum Gasteiger partial charge on any atom is 0.131 e. The second kappa shape index (κ2) is 9.58. The van der Waals surface area contributed by atoms with Gasteiger partial charge >= 0.3 is 0 Å². The van der Waals surface area contributed by atoms with Crippen LogP contribution in [0.4, 0.5) is 11.5 Å². The molecule has 4 aromatic carbocycles. The van der Waals surface area contributed by atoms with Gasteiger partial charge in [0.2, 0.25) is 0 Å². The van der Waals surface area contributed by atoms with Crippen molar-refractivity contribution in [2.24, 2.45) is 0 Å². The lowest BCUT2D eigenvalue weighted by atomic mass is 9.98. The number of nitrogens with zero attached hydrogens (tertiary/aromatic N) is 2. The predicted molar refractivity (Wildman–Crippen MR) is 161 cm³/mol. The van der Waals surface area contributed by atoms with E-state index in [-0.39, 0.29) is 0 Å². The molecule has 0 amide bonds. The number of thiophene rings is 1. The van der Waals surface area contributed by atoms with Crippen molar-refractivity contribution in [1.29, 1.82) is 0 Å². The average molecular weight is 506 g/mol. The fourth-order valence-electron chi connectivity index (χ4n) is 4.88. The Labute approximate surface area is 225 Å². The summed E-state index contributed by atoms with van der Waals surface area (Å²) in [5, 5.41) is 6.15. The minimum atomic E-state index is 0.801. The van der Waals surface area contributed by atoms with Crippen LogP contribution in [0.2, 0.25) is 0 Å². The summed E-state index contributed by atoms with van der Waals surface area (Å²) in [7, 11) is 0. The Morgan fingerprint density at radius 3 is 2.18 bits per heavy atom. The molecule has 0 bridgehead atoms. The van der Waals surface area contributed by atoms with Gasteiger partial charge in [-0.3, -0.25) is 4.98 Å². The number of pyridine rings is 2. The van der Waals surface area contributed by atoms with Crippen LogP contribution in [0.5, 0.6) is 0 Å². The van der Waals surface area contributed by atoms with Crippen LogP contribution in [0.15, 0.2) is 134 Å². The van der Waals surface area contributed by atoms with E-state index in [1.807, 2.05) is 72.1 Å².